The highest BCUT2D eigenvalue weighted by atomic mass is 35.5. The molecule has 7 heteroatoms. The summed E-state index contributed by atoms with van der Waals surface area (Å²) >= 11 is 8.13. The molecule has 0 bridgehead atoms. The minimum atomic E-state index is -0.146. The molecule has 2 aromatic rings. The van der Waals surface area contributed by atoms with Gasteiger partial charge in [0.1, 0.15) is 0 Å². The average molecular weight is 407 g/mol. The molecule has 2 aliphatic heterocycles. The lowest BCUT2D eigenvalue weighted by molar-refractivity contribution is 0.0932. The number of rotatable bonds is 4. The SMILES string of the molecule is CC(CNC(=O)c1cc(Cl)c2c(c1)OCCCO2)N1CCc2sccc2C1. The van der Waals surface area contributed by atoms with Gasteiger partial charge < -0.3 is 14.8 Å². The third-order valence-corrected chi connectivity index (χ3v) is 6.39. The molecular formula is C20H23ClN2O3S. The smallest absolute Gasteiger partial charge is 0.251 e. The van der Waals surface area contributed by atoms with Gasteiger partial charge in [-0.1, -0.05) is 11.6 Å². The standard InChI is InChI=1S/C20H23ClN2O3S/c1-13(23-5-3-18-14(12-23)4-8-27-18)11-22-20(24)15-9-16(21)19-17(10-15)25-6-2-7-26-19/h4,8-10,13H,2-3,5-7,11-12H2,1H3,(H,22,24). The van der Waals surface area contributed by atoms with Gasteiger partial charge in [-0.2, -0.15) is 0 Å². The maximum absolute atomic E-state index is 12.6. The summed E-state index contributed by atoms with van der Waals surface area (Å²) in [5, 5.41) is 5.60. The van der Waals surface area contributed by atoms with Crippen LogP contribution in [0, 0.1) is 0 Å². The first kappa shape index (κ1) is 18.6. The van der Waals surface area contributed by atoms with E-state index in [0.717, 1.165) is 25.9 Å². The third-order valence-electron chi connectivity index (χ3n) is 5.08. The molecule has 1 atom stereocenters. The quantitative estimate of drug-likeness (QED) is 0.840. The highest BCUT2D eigenvalue weighted by molar-refractivity contribution is 7.10. The number of hydrogen-bond acceptors (Lipinski definition) is 5. The van der Waals surface area contributed by atoms with Gasteiger partial charge >= 0.3 is 0 Å². The predicted octanol–water partition coefficient (Wildman–Crippen LogP) is 3.74. The number of thiophene rings is 1. The van der Waals surface area contributed by atoms with E-state index in [1.54, 1.807) is 12.1 Å². The van der Waals surface area contributed by atoms with E-state index in [0.29, 0.717) is 41.8 Å². The summed E-state index contributed by atoms with van der Waals surface area (Å²) in [5.74, 6) is 0.922. The maximum Gasteiger partial charge on any atom is 0.251 e. The molecular weight excluding hydrogens is 384 g/mol. The molecule has 0 radical (unpaired) electrons. The van der Waals surface area contributed by atoms with Crippen LogP contribution >= 0.6 is 22.9 Å². The summed E-state index contributed by atoms with van der Waals surface area (Å²) in [4.78, 5) is 16.5. The van der Waals surface area contributed by atoms with Gasteiger partial charge in [0.25, 0.3) is 5.91 Å². The summed E-state index contributed by atoms with van der Waals surface area (Å²) in [6, 6.07) is 5.83. The van der Waals surface area contributed by atoms with E-state index in [-0.39, 0.29) is 11.9 Å². The number of benzene rings is 1. The number of carbonyl (C=O) groups is 1. The molecule has 2 aliphatic rings. The highest BCUT2D eigenvalue weighted by Crippen LogP contribution is 2.38. The number of nitrogens with one attached hydrogen (secondary N) is 1. The van der Waals surface area contributed by atoms with Crippen molar-refractivity contribution in [1.29, 1.82) is 0 Å². The molecule has 144 valence electrons. The number of fused-ring (bicyclic) bond motifs is 2. The number of halogens is 1. The molecule has 0 spiro atoms. The van der Waals surface area contributed by atoms with Crippen molar-refractivity contribution in [3.63, 3.8) is 0 Å². The largest absolute Gasteiger partial charge is 0.489 e. The maximum atomic E-state index is 12.6. The Morgan fingerprint density at radius 3 is 3.11 bits per heavy atom. The lowest BCUT2D eigenvalue weighted by Crippen LogP contribution is -2.44. The van der Waals surface area contributed by atoms with E-state index in [1.165, 1.54) is 10.4 Å². The highest BCUT2D eigenvalue weighted by Gasteiger charge is 2.23. The van der Waals surface area contributed by atoms with Crippen molar-refractivity contribution in [3.8, 4) is 11.5 Å². The van der Waals surface area contributed by atoms with E-state index >= 15 is 0 Å². The molecule has 0 fully saturated rings. The molecule has 3 heterocycles. The number of hydrogen-bond donors (Lipinski definition) is 1. The normalized spacial score (nSPS) is 17.7. The zero-order valence-electron chi connectivity index (χ0n) is 15.3. The summed E-state index contributed by atoms with van der Waals surface area (Å²) in [5.41, 5.74) is 1.91. The Morgan fingerprint density at radius 1 is 1.37 bits per heavy atom. The molecule has 0 aliphatic carbocycles. The van der Waals surface area contributed by atoms with Crippen LogP contribution in [0.5, 0.6) is 11.5 Å². The first-order chi connectivity index (χ1) is 13.1. The molecule has 0 saturated carbocycles. The lowest BCUT2D eigenvalue weighted by atomic mass is 10.1. The fourth-order valence-corrected chi connectivity index (χ4v) is 4.63. The van der Waals surface area contributed by atoms with Crippen LogP contribution in [0.4, 0.5) is 0 Å². The Hall–Kier alpha value is -1.76. The zero-order valence-corrected chi connectivity index (χ0v) is 16.9. The molecule has 1 unspecified atom stereocenters. The molecule has 4 rings (SSSR count). The fraction of sp³-hybridized carbons (Fsp3) is 0.450. The van der Waals surface area contributed by atoms with Crippen LogP contribution in [-0.4, -0.2) is 43.2 Å². The van der Waals surface area contributed by atoms with Crippen molar-refractivity contribution in [1.82, 2.24) is 10.2 Å². The molecule has 1 aromatic carbocycles. The van der Waals surface area contributed by atoms with Gasteiger partial charge in [0.15, 0.2) is 11.5 Å². The van der Waals surface area contributed by atoms with Crippen LogP contribution in [0.15, 0.2) is 23.6 Å². The summed E-state index contributed by atoms with van der Waals surface area (Å²) in [6.45, 7) is 5.84. The zero-order chi connectivity index (χ0) is 18.8. The lowest BCUT2D eigenvalue weighted by Gasteiger charge is -2.32. The van der Waals surface area contributed by atoms with Crippen molar-refractivity contribution in [2.24, 2.45) is 0 Å². The second kappa shape index (κ2) is 8.09. The van der Waals surface area contributed by atoms with Crippen LogP contribution < -0.4 is 14.8 Å². The predicted molar refractivity (Wildman–Crippen MR) is 107 cm³/mol. The Labute approximate surface area is 168 Å². The molecule has 0 saturated heterocycles. The number of ether oxygens (including phenoxy) is 2. The number of carbonyl (C=O) groups excluding carboxylic acids is 1. The number of amides is 1. The van der Waals surface area contributed by atoms with E-state index < -0.39 is 0 Å². The molecule has 27 heavy (non-hydrogen) atoms. The summed E-state index contributed by atoms with van der Waals surface area (Å²) in [6.07, 6.45) is 1.88. The van der Waals surface area contributed by atoms with E-state index in [9.17, 15) is 4.79 Å². The van der Waals surface area contributed by atoms with E-state index in [2.05, 4.69) is 28.6 Å². The van der Waals surface area contributed by atoms with Crippen molar-refractivity contribution < 1.29 is 14.3 Å². The second-order valence-corrected chi connectivity index (χ2v) is 8.39. The Kier molecular flexibility index (Phi) is 5.57. The van der Waals surface area contributed by atoms with Crippen molar-refractivity contribution >= 4 is 28.8 Å². The third kappa shape index (κ3) is 4.08. The molecule has 1 amide bonds. The first-order valence-corrected chi connectivity index (χ1v) is 10.5. The van der Waals surface area contributed by atoms with Crippen molar-refractivity contribution in [3.05, 3.63) is 44.6 Å². The van der Waals surface area contributed by atoms with Gasteiger partial charge in [-0.25, -0.2) is 0 Å². The Balaban J connectivity index is 1.38. The van der Waals surface area contributed by atoms with Crippen LogP contribution in [0.1, 0.15) is 34.1 Å². The van der Waals surface area contributed by atoms with Crippen LogP contribution in [0.3, 0.4) is 0 Å². The van der Waals surface area contributed by atoms with E-state index in [1.807, 2.05) is 11.3 Å². The van der Waals surface area contributed by atoms with Gasteiger partial charge in [0.05, 0.1) is 18.2 Å². The second-order valence-electron chi connectivity index (χ2n) is 6.98. The van der Waals surface area contributed by atoms with Gasteiger partial charge in [-0.05, 0) is 42.5 Å². The minimum Gasteiger partial charge on any atom is -0.489 e. The van der Waals surface area contributed by atoms with Gasteiger partial charge in [0, 0.05) is 42.5 Å². The van der Waals surface area contributed by atoms with Crippen molar-refractivity contribution in [2.75, 3.05) is 26.3 Å². The topological polar surface area (TPSA) is 50.8 Å². The van der Waals surface area contributed by atoms with Gasteiger partial charge in [0.2, 0.25) is 0 Å². The Bertz CT molecular complexity index is 839. The summed E-state index contributed by atoms with van der Waals surface area (Å²) < 4.78 is 11.3. The molecule has 5 nitrogen and oxygen atoms in total. The fourth-order valence-electron chi connectivity index (χ4n) is 3.48. The molecule has 1 N–H and O–H groups in total. The minimum absolute atomic E-state index is 0.146. The summed E-state index contributed by atoms with van der Waals surface area (Å²) in [7, 11) is 0. The Morgan fingerprint density at radius 2 is 2.22 bits per heavy atom. The average Bonchev–Trinajstić information content (AvgIpc) is 3.01. The van der Waals surface area contributed by atoms with Crippen molar-refractivity contribution in [2.45, 2.75) is 32.4 Å². The van der Waals surface area contributed by atoms with Crippen LogP contribution in [-0.2, 0) is 13.0 Å². The van der Waals surface area contributed by atoms with Crippen LogP contribution in [0.2, 0.25) is 5.02 Å². The van der Waals surface area contributed by atoms with Gasteiger partial charge in [-0.3, -0.25) is 9.69 Å². The molecule has 1 aromatic heterocycles. The monoisotopic (exact) mass is 406 g/mol. The first-order valence-electron chi connectivity index (χ1n) is 9.28. The van der Waals surface area contributed by atoms with Gasteiger partial charge in [-0.15, -0.1) is 11.3 Å². The van der Waals surface area contributed by atoms with Crippen LogP contribution in [0.25, 0.3) is 0 Å². The van der Waals surface area contributed by atoms with E-state index in [4.69, 9.17) is 21.1 Å². The number of nitrogens with zero attached hydrogens (tertiary/aromatic N) is 1.